The topological polar surface area (TPSA) is 79.0 Å². The van der Waals surface area contributed by atoms with Crippen molar-refractivity contribution in [3.63, 3.8) is 0 Å². The van der Waals surface area contributed by atoms with Crippen LogP contribution in [0.1, 0.15) is 19.4 Å². The number of sulfonamides is 1. The van der Waals surface area contributed by atoms with E-state index >= 15 is 0 Å². The zero-order valence-electron chi connectivity index (χ0n) is 19.6. The molecule has 1 heterocycles. The lowest BCUT2D eigenvalue weighted by molar-refractivity contribution is -0.127. The van der Waals surface area contributed by atoms with Crippen molar-refractivity contribution in [1.29, 1.82) is 0 Å². The molecule has 0 spiro atoms. The average Bonchev–Trinajstić information content (AvgIpc) is 2.88. The first-order valence-corrected chi connectivity index (χ1v) is 13.3. The predicted octanol–water partition coefficient (Wildman–Crippen LogP) is 4.46. The summed E-state index contributed by atoms with van der Waals surface area (Å²) >= 11 is 6.14. The Kier molecular flexibility index (Phi) is 7.52. The predicted molar refractivity (Wildman–Crippen MR) is 139 cm³/mol. The normalized spacial score (nSPS) is 15.2. The van der Waals surface area contributed by atoms with E-state index in [9.17, 15) is 13.2 Å². The maximum atomic E-state index is 13.4. The highest BCUT2D eigenvalue weighted by atomic mass is 35.5. The highest BCUT2D eigenvalue weighted by Crippen LogP contribution is 2.38. The second kappa shape index (κ2) is 10.6. The fraction of sp³-hybridized carbons (Fsp3) is 0.269. The Morgan fingerprint density at radius 1 is 1.06 bits per heavy atom. The molecule has 4 rings (SSSR count). The Labute approximate surface area is 211 Å². The van der Waals surface area contributed by atoms with Crippen LogP contribution in [0.3, 0.4) is 0 Å². The minimum absolute atomic E-state index is 0.125. The van der Waals surface area contributed by atoms with Crippen LogP contribution in [0.25, 0.3) is 0 Å². The van der Waals surface area contributed by atoms with Gasteiger partial charge in [0.15, 0.2) is 6.10 Å². The molecule has 0 aliphatic carbocycles. The lowest BCUT2D eigenvalue weighted by Gasteiger charge is -2.34. The van der Waals surface area contributed by atoms with Crippen molar-refractivity contribution < 1.29 is 17.9 Å². The summed E-state index contributed by atoms with van der Waals surface area (Å²) in [6.07, 6.45) is -1.02. The molecule has 0 fully saturated rings. The van der Waals surface area contributed by atoms with Crippen LogP contribution in [0.15, 0.2) is 77.7 Å². The van der Waals surface area contributed by atoms with Gasteiger partial charge in [0, 0.05) is 30.3 Å². The number of benzene rings is 3. The molecular formula is C26H28ClN3O4S. The van der Waals surface area contributed by atoms with Crippen molar-refractivity contribution in [3.05, 3.63) is 83.4 Å². The number of hydrogen-bond acceptors (Lipinski definition) is 5. The van der Waals surface area contributed by atoms with Crippen LogP contribution in [0.5, 0.6) is 5.75 Å². The second-order valence-corrected chi connectivity index (χ2v) is 10.4. The summed E-state index contributed by atoms with van der Waals surface area (Å²) in [5, 5.41) is 3.25. The smallest absolute Gasteiger partial charge is 0.264 e. The molecule has 1 unspecified atom stereocenters. The van der Waals surface area contributed by atoms with E-state index in [4.69, 9.17) is 16.3 Å². The molecule has 0 saturated heterocycles. The monoisotopic (exact) mass is 513 g/mol. The van der Waals surface area contributed by atoms with E-state index in [0.29, 0.717) is 17.3 Å². The van der Waals surface area contributed by atoms with E-state index in [1.807, 2.05) is 24.3 Å². The Morgan fingerprint density at radius 2 is 1.74 bits per heavy atom. The number of amides is 1. The van der Waals surface area contributed by atoms with Gasteiger partial charge in [-0.25, -0.2) is 8.42 Å². The molecule has 1 N–H and O–H groups in total. The second-order valence-electron chi connectivity index (χ2n) is 8.12. The van der Waals surface area contributed by atoms with Crippen molar-refractivity contribution in [3.8, 4) is 5.75 Å². The third kappa shape index (κ3) is 5.39. The molecule has 35 heavy (non-hydrogen) atoms. The highest BCUT2D eigenvalue weighted by molar-refractivity contribution is 7.92. The van der Waals surface area contributed by atoms with Gasteiger partial charge in [0.25, 0.3) is 15.9 Å². The van der Waals surface area contributed by atoms with Gasteiger partial charge >= 0.3 is 0 Å². The number of rotatable bonds is 8. The first kappa shape index (κ1) is 24.9. The lowest BCUT2D eigenvalue weighted by atomic mass is 10.1. The molecule has 1 atom stereocenters. The quantitative estimate of drug-likeness (QED) is 0.481. The maximum Gasteiger partial charge on any atom is 0.264 e. The van der Waals surface area contributed by atoms with Crippen LogP contribution in [0, 0.1) is 0 Å². The van der Waals surface area contributed by atoms with E-state index in [0.717, 1.165) is 24.3 Å². The number of halogens is 1. The number of carbonyl (C=O) groups is 1. The Hall–Kier alpha value is -3.23. The molecule has 1 amide bonds. The number of nitrogens with one attached hydrogen (secondary N) is 1. The standard InChI is InChI=1S/C26H28ClN3O4S/c1-3-29(4-2)21-13-10-19(11-14-21)17-28-26(31)25-18-30(23-16-20(27)12-15-24(23)34-25)35(32,33)22-8-6-5-7-9-22/h5-16,25H,3-4,17-18H2,1-2H3,(H,28,31). The molecule has 7 nitrogen and oxygen atoms in total. The van der Waals surface area contributed by atoms with E-state index in [1.165, 1.54) is 22.5 Å². The minimum Gasteiger partial charge on any atom is -0.476 e. The van der Waals surface area contributed by atoms with Crippen LogP contribution in [-0.2, 0) is 21.4 Å². The summed E-state index contributed by atoms with van der Waals surface area (Å²) in [5.74, 6) is -0.115. The van der Waals surface area contributed by atoms with Gasteiger partial charge in [-0.2, -0.15) is 0 Å². The van der Waals surface area contributed by atoms with Crippen molar-refractivity contribution in [1.82, 2.24) is 5.32 Å². The number of nitrogens with zero attached hydrogens (tertiary/aromatic N) is 2. The van der Waals surface area contributed by atoms with Gasteiger partial charge < -0.3 is 15.0 Å². The fourth-order valence-electron chi connectivity index (χ4n) is 4.02. The number of hydrogen-bond donors (Lipinski definition) is 1. The molecule has 3 aromatic carbocycles. The summed E-state index contributed by atoms with van der Waals surface area (Å²) in [6, 6.07) is 20.8. The van der Waals surface area contributed by atoms with Crippen molar-refractivity contribution in [2.24, 2.45) is 0 Å². The summed E-state index contributed by atoms with van der Waals surface area (Å²) < 4.78 is 34.0. The molecule has 0 bridgehead atoms. The molecular weight excluding hydrogens is 486 g/mol. The van der Waals surface area contributed by atoms with Gasteiger partial charge in [-0.3, -0.25) is 9.10 Å². The largest absolute Gasteiger partial charge is 0.476 e. The molecule has 1 aliphatic rings. The molecule has 0 aromatic heterocycles. The highest BCUT2D eigenvalue weighted by Gasteiger charge is 2.37. The minimum atomic E-state index is -3.93. The molecule has 9 heteroatoms. The lowest BCUT2D eigenvalue weighted by Crippen LogP contribution is -2.50. The van der Waals surface area contributed by atoms with Gasteiger partial charge in [-0.1, -0.05) is 41.9 Å². The molecule has 1 aliphatic heterocycles. The molecule has 3 aromatic rings. The Balaban J connectivity index is 1.52. The number of fused-ring (bicyclic) bond motifs is 1. The third-order valence-electron chi connectivity index (χ3n) is 5.95. The number of ether oxygens (including phenoxy) is 1. The van der Waals surface area contributed by atoms with E-state index in [-0.39, 0.29) is 17.2 Å². The van der Waals surface area contributed by atoms with Gasteiger partial charge in [0.1, 0.15) is 5.75 Å². The van der Waals surface area contributed by atoms with E-state index < -0.39 is 22.0 Å². The SMILES string of the molecule is CCN(CC)c1ccc(CNC(=O)C2CN(S(=O)(=O)c3ccccc3)c3cc(Cl)ccc3O2)cc1. The molecule has 0 radical (unpaired) electrons. The summed E-state index contributed by atoms with van der Waals surface area (Å²) in [6.45, 7) is 6.18. The number of anilines is 2. The van der Waals surface area contributed by atoms with Crippen LogP contribution in [0.2, 0.25) is 5.02 Å². The zero-order chi connectivity index (χ0) is 25.0. The number of carbonyl (C=O) groups excluding carboxylic acids is 1. The Bertz CT molecular complexity index is 1280. The molecule has 0 saturated carbocycles. The van der Waals surface area contributed by atoms with Crippen LogP contribution in [-0.4, -0.2) is 40.1 Å². The van der Waals surface area contributed by atoms with Crippen molar-refractivity contribution >= 4 is 38.9 Å². The first-order valence-electron chi connectivity index (χ1n) is 11.5. The van der Waals surface area contributed by atoms with Gasteiger partial charge in [0.05, 0.1) is 17.1 Å². The zero-order valence-corrected chi connectivity index (χ0v) is 21.2. The van der Waals surface area contributed by atoms with E-state index in [1.54, 1.807) is 30.3 Å². The first-order chi connectivity index (χ1) is 16.8. The average molecular weight is 514 g/mol. The summed E-state index contributed by atoms with van der Waals surface area (Å²) in [7, 11) is -3.93. The van der Waals surface area contributed by atoms with Crippen molar-refractivity contribution in [2.75, 3.05) is 28.8 Å². The Morgan fingerprint density at radius 3 is 2.40 bits per heavy atom. The van der Waals surface area contributed by atoms with Crippen molar-refractivity contribution in [2.45, 2.75) is 31.4 Å². The molecule has 184 valence electrons. The summed E-state index contributed by atoms with van der Waals surface area (Å²) in [5.41, 5.74) is 2.36. The van der Waals surface area contributed by atoms with Crippen LogP contribution < -0.4 is 19.3 Å². The van der Waals surface area contributed by atoms with Gasteiger partial charge in [0.2, 0.25) is 0 Å². The van der Waals surface area contributed by atoms with Gasteiger partial charge in [-0.15, -0.1) is 0 Å². The summed E-state index contributed by atoms with van der Waals surface area (Å²) in [4.78, 5) is 15.4. The third-order valence-corrected chi connectivity index (χ3v) is 7.97. The van der Waals surface area contributed by atoms with Gasteiger partial charge in [-0.05, 0) is 61.9 Å². The van der Waals surface area contributed by atoms with Crippen LogP contribution in [0.4, 0.5) is 11.4 Å². The van der Waals surface area contributed by atoms with Crippen LogP contribution >= 0.6 is 11.6 Å². The van der Waals surface area contributed by atoms with E-state index in [2.05, 4.69) is 24.1 Å². The maximum absolute atomic E-state index is 13.4. The fourth-order valence-corrected chi connectivity index (χ4v) is 5.68.